The van der Waals surface area contributed by atoms with Crippen molar-refractivity contribution in [3.05, 3.63) is 58.0 Å². The van der Waals surface area contributed by atoms with Crippen molar-refractivity contribution in [3.8, 4) is 22.3 Å². The first-order valence-electron chi connectivity index (χ1n) is 7.80. The van der Waals surface area contributed by atoms with Crippen molar-refractivity contribution in [3.63, 3.8) is 0 Å². The molecule has 0 aromatic heterocycles. The van der Waals surface area contributed by atoms with Crippen LogP contribution in [-0.4, -0.2) is 0 Å². The number of rotatable bonds is 0. The summed E-state index contributed by atoms with van der Waals surface area (Å²) < 4.78 is 0. The van der Waals surface area contributed by atoms with Crippen molar-refractivity contribution < 1.29 is 0 Å². The van der Waals surface area contributed by atoms with Crippen molar-refractivity contribution in [1.82, 2.24) is 0 Å². The highest BCUT2D eigenvalue weighted by Crippen LogP contribution is 2.44. The number of hydrogen-bond acceptors (Lipinski definition) is 4. The molecule has 24 heavy (non-hydrogen) atoms. The Hall–Kier alpha value is -3.40. The molecule has 0 fully saturated rings. The normalized spacial score (nSPS) is 12.7. The summed E-state index contributed by atoms with van der Waals surface area (Å²) in [7, 11) is 0. The molecule has 116 valence electrons. The van der Waals surface area contributed by atoms with Gasteiger partial charge in [0.15, 0.2) is 0 Å². The maximum absolute atomic E-state index is 6.26. The van der Waals surface area contributed by atoms with Crippen molar-refractivity contribution in [2.24, 2.45) is 0 Å². The van der Waals surface area contributed by atoms with Gasteiger partial charge in [-0.15, -0.1) is 0 Å². The molecule has 5 rings (SSSR count). The molecule has 0 radical (unpaired) electrons. The summed E-state index contributed by atoms with van der Waals surface area (Å²) in [5.41, 5.74) is 32.8. The Kier molecular flexibility index (Phi) is 2.24. The molecule has 8 N–H and O–H groups in total. The van der Waals surface area contributed by atoms with E-state index < -0.39 is 0 Å². The molecule has 0 bridgehead atoms. The van der Waals surface area contributed by atoms with E-state index in [1.807, 2.05) is 0 Å². The van der Waals surface area contributed by atoms with E-state index in [-0.39, 0.29) is 0 Å². The number of benzene rings is 3. The lowest BCUT2D eigenvalue weighted by Crippen LogP contribution is -2.25. The Bertz CT molecular complexity index is 1190. The molecule has 0 unspecified atom stereocenters. The number of nitrogen functional groups attached to an aromatic ring is 4. The minimum atomic E-state index is 0.360. The summed E-state index contributed by atoms with van der Waals surface area (Å²) in [5, 5.41) is 2.32. The van der Waals surface area contributed by atoms with Gasteiger partial charge in [0, 0.05) is 11.1 Å². The van der Waals surface area contributed by atoms with Crippen LogP contribution in [0.1, 0.15) is 11.1 Å². The van der Waals surface area contributed by atoms with Gasteiger partial charge in [0.2, 0.25) is 0 Å². The van der Waals surface area contributed by atoms with Gasteiger partial charge in [0.25, 0.3) is 0 Å². The Labute approximate surface area is 138 Å². The number of nitrogens with two attached hydrogens (primary N) is 4. The molecule has 0 aliphatic heterocycles. The first-order valence-corrected chi connectivity index (χ1v) is 7.80. The van der Waals surface area contributed by atoms with Crippen LogP contribution in [0.25, 0.3) is 34.4 Å². The lowest BCUT2D eigenvalue weighted by Gasteiger charge is -2.14. The molecule has 4 heteroatoms. The van der Waals surface area contributed by atoms with Crippen LogP contribution in [0.3, 0.4) is 0 Å². The third-order valence-corrected chi connectivity index (χ3v) is 5.10. The molecular formula is C20H16N4. The highest BCUT2D eigenvalue weighted by Gasteiger charge is 2.24. The van der Waals surface area contributed by atoms with E-state index in [4.69, 9.17) is 22.9 Å². The van der Waals surface area contributed by atoms with Gasteiger partial charge >= 0.3 is 0 Å². The van der Waals surface area contributed by atoms with E-state index in [0.29, 0.717) is 22.7 Å². The predicted octanol–water partition coefficient (Wildman–Crippen LogP) is 1.63. The fourth-order valence-corrected chi connectivity index (χ4v) is 3.86. The van der Waals surface area contributed by atoms with Crippen LogP contribution in [0.4, 0.5) is 22.7 Å². The van der Waals surface area contributed by atoms with Crippen LogP contribution in [-0.2, 0) is 0 Å². The third kappa shape index (κ3) is 1.38. The van der Waals surface area contributed by atoms with E-state index in [9.17, 15) is 0 Å². The highest BCUT2D eigenvalue weighted by molar-refractivity contribution is 6.06. The lowest BCUT2D eigenvalue weighted by molar-refractivity contribution is 1.54. The molecule has 0 amide bonds. The number of hydrogen-bond donors (Lipinski definition) is 4. The Morgan fingerprint density at radius 2 is 1.21 bits per heavy atom. The average molecular weight is 312 g/mol. The molecule has 4 nitrogen and oxygen atoms in total. The smallest absolute Gasteiger partial charge is 0.0809 e. The summed E-state index contributed by atoms with van der Waals surface area (Å²) in [4.78, 5) is 0. The maximum Gasteiger partial charge on any atom is 0.0809 e. The topological polar surface area (TPSA) is 104 Å². The minimum Gasteiger partial charge on any atom is -0.396 e. The van der Waals surface area contributed by atoms with Gasteiger partial charge in [-0.1, -0.05) is 36.4 Å². The Morgan fingerprint density at radius 1 is 0.542 bits per heavy atom. The molecule has 0 spiro atoms. The third-order valence-electron chi connectivity index (χ3n) is 5.10. The van der Waals surface area contributed by atoms with Crippen LogP contribution >= 0.6 is 0 Å². The quantitative estimate of drug-likeness (QED) is 0.326. The molecule has 0 saturated heterocycles. The molecule has 2 aliphatic carbocycles. The van der Waals surface area contributed by atoms with Crippen LogP contribution in [0.2, 0.25) is 0 Å². The zero-order chi connectivity index (χ0) is 16.6. The standard InChI is InChI=1S/C20H16N4/c21-17-15-8-14-12(16(15)18(22)20(24)19(17)23)6-5-11-10-4-2-1-3-9(10)7-13(11)14/h1-8H,21-24H2. The number of fused-ring (bicyclic) bond motifs is 7. The van der Waals surface area contributed by atoms with Crippen molar-refractivity contribution in [1.29, 1.82) is 0 Å². The monoisotopic (exact) mass is 312 g/mol. The largest absolute Gasteiger partial charge is 0.396 e. The van der Waals surface area contributed by atoms with Gasteiger partial charge in [0.1, 0.15) is 0 Å². The zero-order valence-electron chi connectivity index (χ0n) is 12.9. The molecule has 0 saturated carbocycles. The Balaban J connectivity index is 1.92. The fourth-order valence-electron chi connectivity index (χ4n) is 3.86. The van der Waals surface area contributed by atoms with Gasteiger partial charge in [0.05, 0.1) is 22.7 Å². The minimum absolute atomic E-state index is 0.360. The van der Waals surface area contributed by atoms with Crippen LogP contribution in [0.5, 0.6) is 0 Å². The van der Waals surface area contributed by atoms with E-state index in [0.717, 1.165) is 21.9 Å². The maximum atomic E-state index is 6.26. The molecule has 0 atom stereocenters. The second-order valence-corrected chi connectivity index (χ2v) is 6.31. The summed E-state index contributed by atoms with van der Waals surface area (Å²) in [6.45, 7) is 0. The first kappa shape index (κ1) is 13.1. The van der Waals surface area contributed by atoms with Crippen molar-refractivity contribution in [2.45, 2.75) is 0 Å². The predicted molar refractivity (Wildman–Crippen MR) is 101 cm³/mol. The molecule has 3 aromatic rings. The van der Waals surface area contributed by atoms with Gasteiger partial charge < -0.3 is 22.9 Å². The zero-order valence-corrected chi connectivity index (χ0v) is 12.9. The second kappa shape index (κ2) is 4.11. The van der Waals surface area contributed by atoms with Crippen molar-refractivity contribution >= 4 is 34.9 Å². The fraction of sp³-hybridized carbons (Fsp3) is 0. The van der Waals surface area contributed by atoms with Crippen LogP contribution < -0.4 is 33.4 Å². The average Bonchev–Trinajstić information content (AvgIpc) is 3.16. The van der Waals surface area contributed by atoms with E-state index in [2.05, 4.69) is 48.6 Å². The lowest BCUT2D eigenvalue weighted by atomic mass is 9.97. The SMILES string of the molecule is Nc1c(N)c(N)c2c(c1N)C=c1c-2ccc2c1=Cc1ccccc1-2. The molecule has 0 heterocycles. The van der Waals surface area contributed by atoms with E-state index >= 15 is 0 Å². The molecular weight excluding hydrogens is 296 g/mol. The Morgan fingerprint density at radius 3 is 2.04 bits per heavy atom. The highest BCUT2D eigenvalue weighted by atomic mass is 14.8. The number of anilines is 4. The van der Waals surface area contributed by atoms with Gasteiger partial charge in [-0.3, -0.25) is 0 Å². The first-order chi connectivity index (χ1) is 11.6. The van der Waals surface area contributed by atoms with Crippen LogP contribution in [0.15, 0.2) is 36.4 Å². The second-order valence-electron chi connectivity index (χ2n) is 6.31. The summed E-state index contributed by atoms with van der Waals surface area (Å²) in [6.07, 6.45) is 4.29. The summed E-state index contributed by atoms with van der Waals surface area (Å²) >= 11 is 0. The molecule has 3 aromatic carbocycles. The van der Waals surface area contributed by atoms with Gasteiger partial charge in [-0.05, 0) is 44.8 Å². The molecule has 2 aliphatic rings. The van der Waals surface area contributed by atoms with Crippen molar-refractivity contribution in [2.75, 3.05) is 22.9 Å². The summed E-state index contributed by atoms with van der Waals surface area (Å²) in [5.74, 6) is 0. The van der Waals surface area contributed by atoms with E-state index in [1.165, 1.54) is 21.9 Å². The van der Waals surface area contributed by atoms with Gasteiger partial charge in [-0.2, -0.15) is 0 Å². The van der Waals surface area contributed by atoms with E-state index in [1.54, 1.807) is 0 Å². The van der Waals surface area contributed by atoms with Gasteiger partial charge in [-0.25, -0.2) is 0 Å². The van der Waals surface area contributed by atoms with Crippen LogP contribution in [0, 0.1) is 0 Å². The summed E-state index contributed by atoms with van der Waals surface area (Å²) in [6, 6.07) is 12.6.